The van der Waals surface area contributed by atoms with Gasteiger partial charge in [-0.2, -0.15) is 4.98 Å². The van der Waals surface area contributed by atoms with Crippen LogP contribution in [0.1, 0.15) is 11.1 Å². The van der Waals surface area contributed by atoms with Crippen molar-refractivity contribution in [3.05, 3.63) is 84.1 Å². The third kappa shape index (κ3) is 7.42. The van der Waals surface area contributed by atoms with E-state index >= 15 is 0 Å². The lowest BCUT2D eigenvalue weighted by molar-refractivity contribution is -0.119. The fourth-order valence-corrected chi connectivity index (χ4v) is 5.18. The molecule has 1 aliphatic heterocycles. The van der Waals surface area contributed by atoms with Crippen LogP contribution in [0.5, 0.6) is 17.2 Å². The molecule has 12 nitrogen and oxygen atoms in total. The molecule has 0 spiro atoms. The maximum Gasteiger partial charge on any atom is 0.425 e. The number of methoxy groups -OCH3 is 2. The lowest BCUT2D eigenvalue weighted by Gasteiger charge is -2.35. The highest BCUT2D eigenvalue weighted by Crippen LogP contribution is 2.37. The molecule has 5 rings (SSSR count). The number of aromatic nitrogens is 2. The average Bonchev–Trinajstić information content (AvgIpc) is 3.04. The van der Waals surface area contributed by atoms with Crippen molar-refractivity contribution < 1.29 is 23.8 Å². The molecule has 0 aliphatic carbocycles. The molecule has 2 amide bonds. The largest absolute Gasteiger partial charge is 0.497 e. The molecule has 12 heteroatoms. The number of amides is 2. The predicted molar refractivity (Wildman–Crippen MR) is 173 cm³/mol. The first-order chi connectivity index (χ1) is 21.7. The number of rotatable bonds is 10. The molecule has 3 aromatic carbocycles. The number of aryl methyl sites for hydroxylation is 2. The number of nitrogens with one attached hydrogen (secondary N) is 1. The van der Waals surface area contributed by atoms with Gasteiger partial charge in [0.1, 0.15) is 23.1 Å². The summed E-state index contributed by atoms with van der Waals surface area (Å²) in [7, 11) is 3.08. The quantitative estimate of drug-likeness (QED) is 0.257. The second-order valence-electron chi connectivity index (χ2n) is 10.6. The summed E-state index contributed by atoms with van der Waals surface area (Å²) in [6.45, 7) is 7.19. The van der Waals surface area contributed by atoms with Crippen LogP contribution in [0.2, 0.25) is 0 Å². The van der Waals surface area contributed by atoms with Crippen molar-refractivity contribution in [2.24, 2.45) is 5.73 Å². The van der Waals surface area contributed by atoms with E-state index in [1.807, 2.05) is 56.3 Å². The average molecular weight is 612 g/mol. The van der Waals surface area contributed by atoms with Crippen LogP contribution in [0, 0.1) is 13.8 Å². The SMILES string of the molecule is COc1ccc(N(C(=O)Oc2c(C)cccc2C)c2ccnc(Nc3ccc(N4CCN(CC(N)=O)CC4)cc3)n2)c(OC)c1. The molecular weight excluding hydrogens is 574 g/mol. The number of nitrogens with zero attached hydrogens (tertiary/aromatic N) is 5. The number of carbonyl (C=O) groups excluding carboxylic acids is 2. The highest BCUT2D eigenvalue weighted by atomic mass is 16.6. The number of hydrogen-bond acceptors (Lipinski definition) is 10. The van der Waals surface area contributed by atoms with Gasteiger partial charge in [-0.05, 0) is 61.4 Å². The van der Waals surface area contributed by atoms with Crippen LogP contribution < -0.4 is 35.1 Å². The predicted octanol–water partition coefficient (Wildman–Crippen LogP) is 4.80. The Kier molecular flexibility index (Phi) is 9.64. The maximum atomic E-state index is 13.9. The van der Waals surface area contributed by atoms with E-state index in [1.54, 1.807) is 37.6 Å². The van der Waals surface area contributed by atoms with Gasteiger partial charge in [0.25, 0.3) is 0 Å². The molecule has 0 unspecified atom stereocenters. The lowest BCUT2D eigenvalue weighted by atomic mass is 10.1. The summed E-state index contributed by atoms with van der Waals surface area (Å²) in [6, 6.07) is 20.4. The van der Waals surface area contributed by atoms with Crippen LogP contribution in [-0.4, -0.2) is 73.8 Å². The Labute approximate surface area is 262 Å². The summed E-state index contributed by atoms with van der Waals surface area (Å²) >= 11 is 0. The van der Waals surface area contributed by atoms with Crippen LogP contribution in [0.25, 0.3) is 0 Å². The van der Waals surface area contributed by atoms with E-state index in [2.05, 4.69) is 25.1 Å². The van der Waals surface area contributed by atoms with E-state index in [4.69, 9.17) is 19.9 Å². The standard InChI is InChI=1S/C33H37N7O5/c1-22-6-5-7-23(2)31(22)45-33(42)40(27-13-12-26(43-3)20-28(27)44-4)30-14-15-35-32(37-30)36-24-8-10-25(11-9-24)39-18-16-38(17-19-39)21-29(34)41/h5-15,20H,16-19,21H2,1-4H3,(H2,34,41)(H,35,36,37). The fraction of sp³-hybridized carbons (Fsp3) is 0.273. The van der Waals surface area contributed by atoms with Crippen LogP contribution >= 0.6 is 0 Å². The summed E-state index contributed by atoms with van der Waals surface area (Å²) in [5.41, 5.74) is 9.25. The molecule has 2 heterocycles. The van der Waals surface area contributed by atoms with Gasteiger partial charge < -0.3 is 30.2 Å². The number of hydrogen-bond donors (Lipinski definition) is 2. The molecule has 1 saturated heterocycles. The molecule has 45 heavy (non-hydrogen) atoms. The smallest absolute Gasteiger partial charge is 0.425 e. The van der Waals surface area contributed by atoms with Gasteiger partial charge in [0.2, 0.25) is 11.9 Å². The summed E-state index contributed by atoms with van der Waals surface area (Å²) < 4.78 is 16.9. The summed E-state index contributed by atoms with van der Waals surface area (Å²) in [6.07, 6.45) is 0.903. The van der Waals surface area contributed by atoms with E-state index in [-0.39, 0.29) is 24.2 Å². The zero-order chi connectivity index (χ0) is 31.9. The zero-order valence-electron chi connectivity index (χ0n) is 25.8. The van der Waals surface area contributed by atoms with Crippen molar-refractivity contribution >= 4 is 40.8 Å². The summed E-state index contributed by atoms with van der Waals surface area (Å²) in [5.74, 6) is 1.69. The normalized spacial score (nSPS) is 13.2. The van der Waals surface area contributed by atoms with Gasteiger partial charge in [0.05, 0.1) is 26.5 Å². The number of anilines is 5. The molecule has 0 saturated carbocycles. The van der Waals surface area contributed by atoms with Crippen molar-refractivity contribution in [3.8, 4) is 17.2 Å². The highest BCUT2D eigenvalue weighted by Gasteiger charge is 2.27. The first kappa shape index (κ1) is 31.1. The van der Waals surface area contributed by atoms with E-state index in [0.717, 1.165) is 48.7 Å². The monoisotopic (exact) mass is 611 g/mol. The van der Waals surface area contributed by atoms with Gasteiger partial charge in [-0.15, -0.1) is 0 Å². The Morgan fingerprint density at radius 2 is 1.64 bits per heavy atom. The van der Waals surface area contributed by atoms with Crippen LogP contribution in [0.4, 0.5) is 33.6 Å². The van der Waals surface area contributed by atoms with Gasteiger partial charge >= 0.3 is 6.09 Å². The minimum atomic E-state index is -0.666. The number of nitrogens with two attached hydrogens (primary N) is 1. The molecule has 4 aromatic rings. The van der Waals surface area contributed by atoms with Crippen molar-refractivity contribution in [1.29, 1.82) is 0 Å². The Hall–Kier alpha value is -5.36. The van der Waals surface area contributed by atoms with E-state index in [0.29, 0.717) is 22.9 Å². The molecule has 234 valence electrons. The van der Waals surface area contributed by atoms with Crippen molar-refractivity contribution in [3.63, 3.8) is 0 Å². The van der Waals surface area contributed by atoms with Gasteiger partial charge in [0, 0.05) is 55.9 Å². The highest BCUT2D eigenvalue weighted by molar-refractivity contribution is 5.98. The lowest BCUT2D eigenvalue weighted by Crippen LogP contribution is -2.48. The zero-order valence-corrected chi connectivity index (χ0v) is 25.8. The van der Waals surface area contributed by atoms with Gasteiger partial charge in [-0.25, -0.2) is 14.7 Å². The van der Waals surface area contributed by atoms with Crippen molar-refractivity contribution in [1.82, 2.24) is 14.9 Å². The number of piperazine rings is 1. The molecule has 0 bridgehead atoms. The minimum Gasteiger partial charge on any atom is -0.497 e. The number of carbonyl (C=O) groups is 2. The minimum absolute atomic E-state index is 0.276. The first-order valence-electron chi connectivity index (χ1n) is 14.5. The van der Waals surface area contributed by atoms with Gasteiger partial charge in [-0.3, -0.25) is 9.69 Å². The first-order valence-corrected chi connectivity index (χ1v) is 14.5. The number of benzene rings is 3. The molecule has 1 fully saturated rings. The molecule has 0 atom stereocenters. The fourth-order valence-electron chi connectivity index (χ4n) is 5.18. The number of para-hydroxylation sites is 1. The number of primary amides is 1. The molecule has 3 N–H and O–H groups in total. The van der Waals surface area contributed by atoms with E-state index < -0.39 is 6.09 Å². The van der Waals surface area contributed by atoms with Crippen LogP contribution in [0.15, 0.2) is 72.9 Å². The third-order valence-corrected chi connectivity index (χ3v) is 7.52. The Morgan fingerprint density at radius 1 is 0.933 bits per heavy atom. The van der Waals surface area contributed by atoms with Crippen LogP contribution in [-0.2, 0) is 4.79 Å². The Balaban J connectivity index is 1.39. The second kappa shape index (κ2) is 14.0. The maximum absolute atomic E-state index is 13.9. The van der Waals surface area contributed by atoms with E-state index in [1.165, 1.54) is 12.0 Å². The molecule has 0 radical (unpaired) electrons. The molecule has 1 aliphatic rings. The Morgan fingerprint density at radius 3 is 2.29 bits per heavy atom. The molecule has 1 aromatic heterocycles. The van der Waals surface area contributed by atoms with Crippen molar-refractivity contribution in [2.45, 2.75) is 13.8 Å². The van der Waals surface area contributed by atoms with E-state index in [9.17, 15) is 9.59 Å². The van der Waals surface area contributed by atoms with Crippen LogP contribution in [0.3, 0.4) is 0 Å². The van der Waals surface area contributed by atoms with Crippen molar-refractivity contribution in [2.75, 3.05) is 62.1 Å². The third-order valence-electron chi connectivity index (χ3n) is 7.52. The topological polar surface area (TPSA) is 135 Å². The number of ether oxygens (including phenoxy) is 3. The summed E-state index contributed by atoms with van der Waals surface area (Å²) in [4.78, 5) is 39.8. The second-order valence-corrected chi connectivity index (χ2v) is 10.6. The van der Waals surface area contributed by atoms with Gasteiger partial charge in [-0.1, -0.05) is 18.2 Å². The molecular formula is C33H37N7O5. The summed E-state index contributed by atoms with van der Waals surface area (Å²) in [5, 5.41) is 3.23. The Bertz CT molecular complexity index is 1640. The van der Waals surface area contributed by atoms with Gasteiger partial charge in [0.15, 0.2) is 0 Å².